The van der Waals surface area contributed by atoms with E-state index in [2.05, 4.69) is 15.4 Å². The molecule has 0 aliphatic carbocycles. The first-order chi connectivity index (χ1) is 16.2. The maximum Gasteiger partial charge on any atom is 0.355 e. The van der Waals surface area contributed by atoms with E-state index in [1.807, 2.05) is 48.5 Å². The second-order valence-electron chi connectivity index (χ2n) is 7.20. The lowest BCUT2D eigenvalue weighted by atomic mass is 10.2. The van der Waals surface area contributed by atoms with Crippen molar-refractivity contribution in [3.8, 4) is 17.1 Å². The number of para-hydroxylation sites is 3. The Morgan fingerprint density at radius 2 is 1.52 bits per heavy atom. The van der Waals surface area contributed by atoms with E-state index < -0.39 is 11.6 Å². The fourth-order valence-electron chi connectivity index (χ4n) is 3.68. The fraction of sp³-hybridized carbons (Fsp3) is 0.0400. The molecule has 0 saturated heterocycles. The fourth-order valence-corrected chi connectivity index (χ4v) is 3.68. The second-order valence-corrected chi connectivity index (χ2v) is 7.20. The van der Waals surface area contributed by atoms with Crippen LogP contribution in [-0.2, 0) is 0 Å². The van der Waals surface area contributed by atoms with E-state index in [1.54, 1.807) is 47.3 Å². The van der Waals surface area contributed by atoms with Gasteiger partial charge in [0.15, 0.2) is 5.65 Å². The molecule has 0 radical (unpaired) electrons. The summed E-state index contributed by atoms with van der Waals surface area (Å²) in [6.45, 7) is 0. The molecule has 0 saturated carbocycles. The average Bonchev–Trinajstić information content (AvgIpc) is 3.28. The molecule has 3 aromatic carbocycles. The van der Waals surface area contributed by atoms with Crippen molar-refractivity contribution in [3.63, 3.8) is 0 Å². The summed E-state index contributed by atoms with van der Waals surface area (Å²) < 4.78 is 8.28. The lowest BCUT2D eigenvalue weighted by Gasteiger charge is -2.15. The predicted molar refractivity (Wildman–Crippen MR) is 125 cm³/mol. The first-order valence-corrected chi connectivity index (χ1v) is 10.2. The Kier molecular flexibility index (Phi) is 5.16. The van der Waals surface area contributed by atoms with Gasteiger partial charge in [-0.15, -0.1) is 0 Å². The Bertz CT molecular complexity index is 1510. The summed E-state index contributed by atoms with van der Waals surface area (Å²) in [7, 11) is 1.50. The molecule has 8 nitrogen and oxygen atoms in total. The zero-order chi connectivity index (χ0) is 22.8. The smallest absolute Gasteiger partial charge is 0.355 e. The lowest BCUT2D eigenvalue weighted by molar-refractivity contribution is 0.102. The molecular formula is C25H19N5O3. The molecular weight excluding hydrogens is 418 g/mol. The number of hydrogen-bond acceptors (Lipinski definition) is 5. The van der Waals surface area contributed by atoms with Crippen LogP contribution >= 0.6 is 0 Å². The molecule has 162 valence electrons. The van der Waals surface area contributed by atoms with Gasteiger partial charge in [-0.1, -0.05) is 48.5 Å². The lowest BCUT2D eigenvalue weighted by Crippen LogP contribution is -2.27. The SMILES string of the molecule is COc1ccccc1C(=O)Nc1c2cnn(-c3ccccc3)c2nc(=O)n1-c1ccccc1. The predicted octanol–water partition coefficient (Wildman–Crippen LogP) is 3.83. The van der Waals surface area contributed by atoms with E-state index in [1.165, 1.54) is 11.7 Å². The zero-order valence-electron chi connectivity index (χ0n) is 17.7. The van der Waals surface area contributed by atoms with E-state index in [0.29, 0.717) is 28.0 Å². The standard InChI is InChI=1S/C25H19N5O3/c1-33-21-15-9-8-14-19(21)24(31)27-22-20-16-26-30(18-12-6-3-7-13-18)23(20)28-25(32)29(22)17-10-4-2-5-11-17/h2-16H,1H3,(H,27,31). The summed E-state index contributed by atoms with van der Waals surface area (Å²) in [5, 5.41) is 7.86. The number of fused-ring (bicyclic) bond motifs is 1. The van der Waals surface area contributed by atoms with Gasteiger partial charge >= 0.3 is 5.69 Å². The van der Waals surface area contributed by atoms with Crippen molar-refractivity contribution >= 4 is 22.8 Å². The van der Waals surface area contributed by atoms with E-state index in [-0.39, 0.29) is 5.82 Å². The summed E-state index contributed by atoms with van der Waals surface area (Å²) in [6, 6.07) is 25.3. The Balaban J connectivity index is 1.73. The van der Waals surface area contributed by atoms with Gasteiger partial charge < -0.3 is 10.1 Å². The number of amides is 1. The molecule has 0 fully saturated rings. The van der Waals surface area contributed by atoms with Gasteiger partial charge in [0, 0.05) is 0 Å². The first-order valence-electron chi connectivity index (χ1n) is 10.2. The summed E-state index contributed by atoms with van der Waals surface area (Å²) in [4.78, 5) is 30.8. The summed E-state index contributed by atoms with van der Waals surface area (Å²) >= 11 is 0. The number of hydrogen-bond donors (Lipinski definition) is 1. The summed E-state index contributed by atoms with van der Waals surface area (Å²) in [5.41, 5.74) is 1.46. The van der Waals surface area contributed by atoms with Crippen LogP contribution in [0, 0.1) is 0 Å². The number of nitrogens with one attached hydrogen (secondary N) is 1. The first kappa shape index (κ1) is 20.2. The molecule has 2 aromatic heterocycles. The van der Waals surface area contributed by atoms with Crippen molar-refractivity contribution in [1.82, 2.24) is 19.3 Å². The Labute approximate surface area is 188 Å². The average molecular weight is 437 g/mol. The third-order valence-electron chi connectivity index (χ3n) is 5.21. The molecule has 1 N–H and O–H groups in total. The number of aromatic nitrogens is 4. The molecule has 5 aromatic rings. The van der Waals surface area contributed by atoms with Gasteiger partial charge in [0.2, 0.25) is 0 Å². The number of ether oxygens (including phenoxy) is 1. The van der Waals surface area contributed by atoms with E-state index in [4.69, 9.17) is 4.74 Å². The molecule has 8 heteroatoms. The Morgan fingerprint density at radius 1 is 0.879 bits per heavy atom. The van der Waals surface area contributed by atoms with Crippen molar-refractivity contribution in [3.05, 3.63) is 107 Å². The highest BCUT2D eigenvalue weighted by Gasteiger charge is 2.21. The van der Waals surface area contributed by atoms with Gasteiger partial charge in [0.05, 0.1) is 35.6 Å². The minimum atomic E-state index is -0.540. The monoisotopic (exact) mass is 437 g/mol. The molecule has 0 unspecified atom stereocenters. The maximum atomic E-state index is 13.3. The topological polar surface area (TPSA) is 91.0 Å². The zero-order valence-corrected chi connectivity index (χ0v) is 17.7. The maximum absolute atomic E-state index is 13.3. The summed E-state index contributed by atoms with van der Waals surface area (Å²) in [5.74, 6) is 0.277. The highest BCUT2D eigenvalue weighted by Crippen LogP contribution is 2.26. The molecule has 0 spiro atoms. The Morgan fingerprint density at radius 3 is 2.21 bits per heavy atom. The number of rotatable bonds is 5. The van der Waals surface area contributed by atoms with Crippen LogP contribution in [-0.4, -0.2) is 32.3 Å². The van der Waals surface area contributed by atoms with Gasteiger partial charge in [-0.25, -0.2) is 14.0 Å². The van der Waals surface area contributed by atoms with Crippen LogP contribution in [0.3, 0.4) is 0 Å². The van der Waals surface area contributed by atoms with Gasteiger partial charge in [0.1, 0.15) is 11.6 Å². The number of anilines is 1. The second kappa shape index (κ2) is 8.43. The molecule has 0 atom stereocenters. The van der Waals surface area contributed by atoms with Crippen molar-refractivity contribution in [2.45, 2.75) is 0 Å². The van der Waals surface area contributed by atoms with Gasteiger partial charge in [0.25, 0.3) is 5.91 Å². The van der Waals surface area contributed by atoms with Gasteiger partial charge in [-0.2, -0.15) is 10.1 Å². The number of methoxy groups -OCH3 is 1. The number of nitrogens with zero attached hydrogens (tertiary/aromatic N) is 4. The van der Waals surface area contributed by atoms with Crippen LogP contribution in [0.4, 0.5) is 5.82 Å². The summed E-state index contributed by atoms with van der Waals surface area (Å²) in [6.07, 6.45) is 1.59. The highest BCUT2D eigenvalue weighted by molar-refractivity contribution is 6.09. The van der Waals surface area contributed by atoms with Crippen LogP contribution in [0.1, 0.15) is 10.4 Å². The quantitative estimate of drug-likeness (QED) is 0.451. The highest BCUT2D eigenvalue weighted by atomic mass is 16.5. The molecule has 1 amide bonds. The van der Waals surface area contributed by atoms with Crippen molar-refractivity contribution in [2.24, 2.45) is 0 Å². The van der Waals surface area contributed by atoms with Crippen molar-refractivity contribution in [2.75, 3.05) is 12.4 Å². The molecule has 0 aliphatic rings. The van der Waals surface area contributed by atoms with Gasteiger partial charge in [-0.3, -0.25) is 4.79 Å². The van der Waals surface area contributed by atoms with Crippen LogP contribution < -0.4 is 15.7 Å². The number of carbonyl (C=O) groups is 1. The van der Waals surface area contributed by atoms with Crippen molar-refractivity contribution in [1.29, 1.82) is 0 Å². The van der Waals surface area contributed by atoms with Gasteiger partial charge in [-0.05, 0) is 36.4 Å². The molecule has 2 heterocycles. The number of benzene rings is 3. The van der Waals surface area contributed by atoms with Crippen LogP contribution in [0.15, 0.2) is 95.9 Å². The molecule has 33 heavy (non-hydrogen) atoms. The van der Waals surface area contributed by atoms with E-state index in [9.17, 15) is 9.59 Å². The minimum absolute atomic E-state index is 0.272. The van der Waals surface area contributed by atoms with E-state index >= 15 is 0 Å². The normalized spacial score (nSPS) is 10.8. The third-order valence-corrected chi connectivity index (χ3v) is 5.21. The van der Waals surface area contributed by atoms with E-state index in [0.717, 1.165) is 5.69 Å². The molecule has 0 bridgehead atoms. The van der Waals surface area contributed by atoms with Crippen LogP contribution in [0.2, 0.25) is 0 Å². The molecule has 0 aliphatic heterocycles. The largest absolute Gasteiger partial charge is 0.496 e. The molecule has 5 rings (SSSR count). The Hall–Kier alpha value is -4.72. The minimum Gasteiger partial charge on any atom is -0.496 e. The van der Waals surface area contributed by atoms with Crippen LogP contribution in [0.5, 0.6) is 5.75 Å². The number of carbonyl (C=O) groups excluding carboxylic acids is 1. The third kappa shape index (κ3) is 3.63. The van der Waals surface area contributed by atoms with Crippen molar-refractivity contribution < 1.29 is 9.53 Å². The van der Waals surface area contributed by atoms with Crippen LogP contribution in [0.25, 0.3) is 22.4 Å².